The molecule has 0 amide bonds. The number of fused-ring (bicyclic) bond motifs is 2. The number of aromatic amines is 1. The molecule has 1 aromatic heterocycles. The van der Waals surface area contributed by atoms with Crippen molar-refractivity contribution >= 4 is 28.5 Å². The predicted molar refractivity (Wildman–Crippen MR) is 110 cm³/mol. The Kier molecular flexibility index (Phi) is 4.05. The van der Waals surface area contributed by atoms with Gasteiger partial charge in [0.25, 0.3) is 0 Å². The minimum absolute atomic E-state index is 0.110. The third kappa shape index (κ3) is 3.12. The van der Waals surface area contributed by atoms with Crippen LogP contribution < -0.4 is 4.90 Å². The SMILES string of the molecule is Oc1[nH]c2ccc(F)cc2c1C=Nc1ccc(N2Cc3ccccc3C2)c(F)c1. The number of benzene rings is 3. The van der Waals surface area contributed by atoms with Crippen LogP contribution in [0.4, 0.5) is 20.2 Å². The molecule has 0 spiro atoms. The summed E-state index contributed by atoms with van der Waals surface area (Å²) in [6.45, 7) is 1.34. The zero-order valence-corrected chi connectivity index (χ0v) is 15.4. The molecule has 0 bridgehead atoms. The fourth-order valence-electron chi connectivity index (χ4n) is 3.78. The Bertz CT molecular complexity index is 1240. The summed E-state index contributed by atoms with van der Waals surface area (Å²) in [5, 5.41) is 10.6. The molecule has 1 aliphatic heterocycles. The molecule has 5 rings (SSSR count). The van der Waals surface area contributed by atoms with Crippen molar-refractivity contribution in [3.05, 3.63) is 89.0 Å². The standard InChI is InChI=1S/C23H17F2N3O/c24-16-5-7-21-18(9-16)19(23(29)27-21)11-26-17-6-8-22(20(25)10-17)28-12-14-3-1-2-4-15(14)13-28/h1-11,27,29H,12-13H2. The van der Waals surface area contributed by atoms with E-state index in [2.05, 4.69) is 22.1 Å². The van der Waals surface area contributed by atoms with Crippen molar-refractivity contribution in [1.29, 1.82) is 0 Å². The van der Waals surface area contributed by atoms with Gasteiger partial charge >= 0.3 is 0 Å². The molecule has 0 unspecified atom stereocenters. The van der Waals surface area contributed by atoms with E-state index in [0.29, 0.717) is 40.9 Å². The van der Waals surface area contributed by atoms with Crippen LogP contribution in [0.15, 0.2) is 65.7 Å². The highest BCUT2D eigenvalue weighted by Gasteiger charge is 2.21. The maximum atomic E-state index is 14.8. The summed E-state index contributed by atoms with van der Waals surface area (Å²) >= 11 is 0. The molecule has 0 saturated carbocycles. The van der Waals surface area contributed by atoms with E-state index in [0.717, 1.165) is 0 Å². The second kappa shape index (κ2) is 6.74. The number of hydrogen-bond donors (Lipinski definition) is 2. The highest BCUT2D eigenvalue weighted by Crippen LogP contribution is 2.32. The molecule has 4 aromatic rings. The number of rotatable bonds is 3. The molecule has 3 aromatic carbocycles. The molecule has 144 valence electrons. The van der Waals surface area contributed by atoms with E-state index >= 15 is 0 Å². The Hall–Kier alpha value is -3.67. The van der Waals surface area contributed by atoms with Crippen molar-refractivity contribution in [2.45, 2.75) is 13.1 Å². The summed E-state index contributed by atoms with van der Waals surface area (Å²) in [6.07, 6.45) is 1.41. The molecular weight excluding hydrogens is 372 g/mol. The molecule has 29 heavy (non-hydrogen) atoms. The number of H-pyrrole nitrogens is 1. The number of aromatic nitrogens is 1. The summed E-state index contributed by atoms with van der Waals surface area (Å²) < 4.78 is 28.3. The lowest BCUT2D eigenvalue weighted by Gasteiger charge is -2.18. The van der Waals surface area contributed by atoms with Gasteiger partial charge in [0, 0.05) is 36.3 Å². The third-order valence-corrected chi connectivity index (χ3v) is 5.24. The zero-order chi connectivity index (χ0) is 20.0. The number of hydrogen-bond acceptors (Lipinski definition) is 3. The van der Waals surface area contributed by atoms with Gasteiger partial charge in [-0.05, 0) is 41.5 Å². The van der Waals surface area contributed by atoms with Gasteiger partial charge in [-0.3, -0.25) is 4.99 Å². The molecule has 1 aliphatic rings. The van der Waals surface area contributed by atoms with Crippen LogP contribution >= 0.6 is 0 Å². The number of anilines is 1. The Morgan fingerprint density at radius 1 is 0.966 bits per heavy atom. The average molecular weight is 389 g/mol. The van der Waals surface area contributed by atoms with Gasteiger partial charge in [0.1, 0.15) is 11.6 Å². The number of nitrogens with one attached hydrogen (secondary N) is 1. The smallest absolute Gasteiger partial charge is 0.198 e. The maximum absolute atomic E-state index is 14.8. The molecule has 0 fully saturated rings. The van der Waals surface area contributed by atoms with Gasteiger partial charge < -0.3 is 15.0 Å². The van der Waals surface area contributed by atoms with Gasteiger partial charge in [-0.2, -0.15) is 0 Å². The first-order chi connectivity index (χ1) is 14.1. The van der Waals surface area contributed by atoms with E-state index in [-0.39, 0.29) is 11.7 Å². The highest BCUT2D eigenvalue weighted by atomic mass is 19.1. The van der Waals surface area contributed by atoms with Crippen molar-refractivity contribution in [1.82, 2.24) is 4.98 Å². The van der Waals surface area contributed by atoms with Gasteiger partial charge in [0.15, 0.2) is 5.88 Å². The van der Waals surface area contributed by atoms with Gasteiger partial charge in [0.2, 0.25) is 0 Å². The highest BCUT2D eigenvalue weighted by molar-refractivity contribution is 6.02. The third-order valence-electron chi connectivity index (χ3n) is 5.24. The number of aliphatic imine (C=N–C) groups is 1. The lowest BCUT2D eigenvalue weighted by atomic mass is 10.1. The molecule has 2 N–H and O–H groups in total. The quantitative estimate of drug-likeness (QED) is 0.460. The normalized spacial score (nSPS) is 13.5. The minimum Gasteiger partial charge on any atom is -0.494 e. The molecule has 6 heteroatoms. The van der Waals surface area contributed by atoms with Crippen molar-refractivity contribution in [2.24, 2.45) is 4.99 Å². The molecule has 0 saturated heterocycles. The monoisotopic (exact) mass is 389 g/mol. The van der Waals surface area contributed by atoms with Crippen molar-refractivity contribution < 1.29 is 13.9 Å². The first-order valence-corrected chi connectivity index (χ1v) is 9.24. The van der Waals surface area contributed by atoms with Crippen molar-refractivity contribution in [3.63, 3.8) is 0 Å². The largest absolute Gasteiger partial charge is 0.494 e. The van der Waals surface area contributed by atoms with E-state index in [1.807, 2.05) is 17.0 Å². The second-order valence-corrected chi connectivity index (χ2v) is 7.10. The van der Waals surface area contributed by atoms with Crippen LogP contribution in [0.25, 0.3) is 10.9 Å². The van der Waals surface area contributed by atoms with Crippen molar-refractivity contribution in [2.75, 3.05) is 4.90 Å². The fourth-order valence-corrected chi connectivity index (χ4v) is 3.78. The predicted octanol–water partition coefficient (Wildman–Crippen LogP) is 5.42. The van der Waals surface area contributed by atoms with Gasteiger partial charge in [-0.15, -0.1) is 0 Å². The van der Waals surface area contributed by atoms with Gasteiger partial charge in [-0.25, -0.2) is 8.78 Å². The first kappa shape index (κ1) is 17.4. The Morgan fingerprint density at radius 2 is 1.72 bits per heavy atom. The minimum atomic E-state index is -0.409. The van der Waals surface area contributed by atoms with Gasteiger partial charge in [0.05, 0.1) is 16.9 Å². The average Bonchev–Trinajstić information content (AvgIpc) is 3.26. The van der Waals surface area contributed by atoms with E-state index in [9.17, 15) is 13.9 Å². The summed E-state index contributed by atoms with van der Waals surface area (Å²) in [4.78, 5) is 9.03. The van der Waals surface area contributed by atoms with Crippen molar-refractivity contribution in [3.8, 4) is 5.88 Å². The fraction of sp³-hybridized carbons (Fsp3) is 0.0870. The maximum Gasteiger partial charge on any atom is 0.198 e. The van der Waals surface area contributed by atoms with Crippen LogP contribution in [0.1, 0.15) is 16.7 Å². The molecule has 0 atom stereocenters. The van der Waals surface area contributed by atoms with E-state index in [4.69, 9.17) is 0 Å². The Balaban J connectivity index is 1.42. The van der Waals surface area contributed by atoms with E-state index in [1.54, 1.807) is 18.2 Å². The molecule has 0 aliphatic carbocycles. The lowest BCUT2D eigenvalue weighted by Crippen LogP contribution is -2.15. The summed E-state index contributed by atoms with van der Waals surface area (Å²) in [5.41, 5.74) is 4.30. The van der Waals surface area contributed by atoms with E-state index < -0.39 is 5.82 Å². The molecule has 4 nitrogen and oxygen atoms in total. The van der Waals surface area contributed by atoms with Gasteiger partial charge in [-0.1, -0.05) is 24.3 Å². The topological polar surface area (TPSA) is 51.6 Å². The number of halogens is 2. The summed E-state index contributed by atoms with van der Waals surface area (Å²) in [5.74, 6) is -0.879. The zero-order valence-electron chi connectivity index (χ0n) is 15.4. The first-order valence-electron chi connectivity index (χ1n) is 9.24. The summed E-state index contributed by atoms with van der Waals surface area (Å²) in [7, 11) is 0. The van der Waals surface area contributed by atoms with Crippen LogP contribution in [0.3, 0.4) is 0 Å². The Labute approximate surface area is 165 Å². The van der Waals surface area contributed by atoms with E-state index in [1.165, 1.54) is 35.5 Å². The number of aromatic hydroxyl groups is 1. The Morgan fingerprint density at radius 3 is 2.45 bits per heavy atom. The van der Waals surface area contributed by atoms with Crippen LogP contribution in [0, 0.1) is 11.6 Å². The molecule has 2 heterocycles. The molecular formula is C23H17F2N3O. The summed E-state index contributed by atoms with van der Waals surface area (Å²) in [6, 6.07) is 17.1. The second-order valence-electron chi connectivity index (χ2n) is 7.10. The molecule has 0 radical (unpaired) electrons. The number of nitrogens with zero attached hydrogens (tertiary/aromatic N) is 2. The van der Waals surface area contributed by atoms with Crippen LogP contribution in [-0.4, -0.2) is 16.3 Å². The van der Waals surface area contributed by atoms with Crippen LogP contribution in [-0.2, 0) is 13.1 Å². The van der Waals surface area contributed by atoms with Crippen LogP contribution in [0.5, 0.6) is 5.88 Å². The van der Waals surface area contributed by atoms with Crippen LogP contribution in [0.2, 0.25) is 0 Å². The lowest BCUT2D eigenvalue weighted by molar-refractivity contribution is 0.457.